The summed E-state index contributed by atoms with van der Waals surface area (Å²) in [6, 6.07) is 11.7. The molecule has 0 aromatic heterocycles. The van der Waals surface area contributed by atoms with Gasteiger partial charge in [0.05, 0.1) is 6.61 Å². The Morgan fingerprint density at radius 3 is 2.45 bits per heavy atom. The number of aliphatic hydroxyl groups excluding tert-OH is 1. The normalized spacial score (nSPS) is 12.2. The highest BCUT2D eigenvalue weighted by molar-refractivity contribution is 9.10. The maximum absolute atomic E-state index is 10.5. The van der Waals surface area contributed by atoms with Gasteiger partial charge < -0.3 is 9.84 Å². The first-order valence-corrected chi connectivity index (χ1v) is 7.49. The lowest BCUT2D eigenvalue weighted by Crippen LogP contribution is -2.02. The highest BCUT2D eigenvalue weighted by atomic mass is 79.9. The van der Waals surface area contributed by atoms with Gasteiger partial charge in [-0.15, -0.1) is 0 Å². The fraction of sp³-hybridized carbons (Fsp3) is 0.294. The molecule has 1 unspecified atom stereocenters. The lowest BCUT2D eigenvalue weighted by molar-refractivity contribution is 0.219. The van der Waals surface area contributed by atoms with Crippen molar-refractivity contribution in [2.45, 2.75) is 26.9 Å². The summed E-state index contributed by atoms with van der Waals surface area (Å²) in [5, 5.41) is 10.5. The van der Waals surface area contributed by atoms with E-state index < -0.39 is 6.10 Å². The van der Waals surface area contributed by atoms with Gasteiger partial charge in [-0.1, -0.05) is 40.2 Å². The minimum atomic E-state index is -0.639. The Hall–Kier alpha value is -1.32. The van der Waals surface area contributed by atoms with E-state index >= 15 is 0 Å². The van der Waals surface area contributed by atoms with Crippen LogP contribution in [0.5, 0.6) is 5.75 Å². The molecule has 1 atom stereocenters. The van der Waals surface area contributed by atoms with E-state index in [4.69, 9.17) is 4.74 Å². The first-order valence-electron chi connectivity index (χ1n) is 6.70. The van der Waals surface area contributed by atoms with Crippen LogP contribution < -0.4 is 4.74 Å². The molecule has 0 aliphatic rings. The number of aryl methyl sites for hydroxylation is 2. The van der Waals surface area contributed by atoms with Gasteiger partial charge in [0.15, 0.2) is 0 Å². The van der Waals surface area contributed by atoms with Crippen LogP contribution in [-0.4, -0.2) is 11.7 Å². The van der Waals surface area contributed by atoms with Crippen LogP contribution in [-0.2, 0) is 0 Å². The van der Waals surface area contributed by atoms with Gasteiger partial charge in [0, 0.05) is 4.47 Å². The number of hydrogen-bond donors (Lipinski definition) is 1. The maximum Gasteiger partial charge on any atom is 0.120 e. The number of halogens is 1. The van der Waals surface area contributed by atoms with Gasteiger partial charge in [-0.3, -0.25) is 0 Å². The first-order chi connectivity index (χ1) is 9.52. The smallest absolute Gasteiger partial charge is 0.120 e. The van der Waals surface area contributed by atoms with Crippen molar-refractivity contribution in [3.8, 4) is 5.75 Å². The quantitative estimate of drug-likeness (QED) is 0.888. The van der Waals surface area contributed by atoms with Crippen molar-refractivity contribution in [2.24, 2.45) is 0 Å². The predicted octanol–water partition coefficient (Wildman–Crippen LogP) is 4.55. The molecule has 2 nitrogen and oxygen atoms in total. The second-order valence-corrected chi connectivity index (χ2v) is 5.72. The lowest BCUT2D eigenvalue weighted by Gasteiger charge is -2.15. The fourth-order valence-corrected chi connectivity index (χ4v) is 2.67. The zero-order valence-corrected chi connectivity index (χ0v) is 13.6. The summed E-state index contributed by atoms with van der Waals surface area (Å²) in [5.74, 6) is 0.801. The molecule has 0 amide bonds. The van der Waals surface area contributed by atoms with E-state index in [0.29, 0.717) is 6.61 Å². The Kier molecular flexibility index (Phi) is 4.84. The first kappa shape index (κ1) is 15.1. The van der Waals surface area contributed by atoms with E-state index in [2.05, 4.69) is 29.8 Å². The molecule has 1 N–H and O–H groups in total. The number of ether oxygens (including phenoxy) is 1. The van der Waals surface area contributed by atoms with Gasteiger partial charge in [0.25, 0.3) is 0 Å². The van der Waals surface area contributed by atoms with Crippen LogP contribution in [0.4, 0.5) is 0 Å². The molecule has 2 aromatic carbocycles. The Labute approximate surface area is 128 Å². The molecule has 0 aliphatic carbocycles. The monoisotopic (exact) mass is 334 g/mol. The number of hydrogen-bond acceptors (Lipinski definition) is 2. The summed E-state index contributed by atoms with van der Waals surface area (Å²) in [6.45, 7) is 6.70. The molecule has 0 bridgehead atoms. The van der Waals surface area contributed by atoms with Gasteiger partial charge in [-0.05, 0) is 55.2 Å². The van der Waals surface area contributed by atoms with Gasteiger partial charge in [-0.2, -0.15) is 0 Å². The molecule has 0 saturated carbocycles. The van der Waals surface area contributed by atoms with Crippen molar-refractivity contribution < 1.29 is 9.84 Å². The minimum absolute atomic E-state index is 0.630. The molecule has 20 heavy (non-hydrogen) atoms. The summed E-state index contributed by atoms with van der Waals surface area (Å²) in [4.78, 5) is 0. The average Bonchev–Trinajstić information content (AvgIpc) is 2.42. The molecule has 2 rings (SSSR count). The van der Waals surface area contributed by atoms with Crippen molar-refractivity contribution in [3.63, 3.8) is 0 Å². The van der Waals surface area contributed by atoms with E-state index in [0.717, 1.165) is 21.3 Å². The van der Waals surface area contributed by atoms with E-state index in [-0.39, 0.29) is 0 Å². The third-order valence-corrected chi connectivity index (χ3v) is 4.11. The largest absolute Gasteiger partial charge is 0.494 e. The Balaban J connectivity index is 2.32. The van der Waals surface area contributed by atoms with Crippen molar-refractivity contribution in [1.29, 1.82) is 0 Å². The van der Waals surface area contributed by atoms with Gasteiger partial charge in [0.1, 0.15) is 11.9 Å². The van der Waals surface area contributed by atoms with Crippen LogP contribution in [0.15, 0.2) is 40.9 Å². The molecule has 2 aromatic rings. The standard InChI is InChI=1S/C17H19BrO2/c1-4-20-14-7-8-15(16(18)10-14)17(19)13-6-5-11(2)12(3)9-13/h5-10,17,19H,4H2,1-3H3. The highest BCUT2D eigenvalue weighted by Crippen LogP contribution is 2.32. The van der Waals surface area contributed by atoms with Gasteiger partial charge in [-0.25, -0.2) is 0 Å². The predicted molar refractivity (Wildman–Crippen MR) is 85.3 cm³/mol. The molecule has 0 radical (unpaired) electrons. The topological polar surface area (TPSA) is 29.5 Å². The maximum atomic E-state index is 10.5. The molecule has 0 aliphatic heterocycles. The summed E-state index contributed by atoms with van der Waals surface area (Å²) < 4.78 is 6.31. The van der Waals surface area contributed by atoms with Crippen LogP contribution in [0.25, 0.3) is 0 Å². The third-order valence-electron chi connectivity index (χ3n) is 3.42. The molecule has 0 heterocycles. The second-order valence-electron chi connectivity index (χ2n) is 4.86. The summed E-state index contributed by atoms with van der Waals surface area (Å²) >= 11 is 3.51. The Bertz CT molecular complexity index is 608. The fourth-order valence-electron chi connectivity index (χ4n) is 2.10. The molecule has 106 valence electrons. The van der Waals surface area contributed by atoms with E-state index in [9.17, 15) is 5.11 Å². The summed E-state index contributed by atoms with van der Waals surface area (Å²) in [6.07, 6.45) is -0.639. The molecule has 0 fully saturated rings. The van der Waals surface area contributed by atoms with Crippen LogP contribution >= 0.6 is 15.9 Å². The molecule has 0 saturated heterocycles. The molecule has 0 spiro atoms. The average molecular weight is 335 g/mol. The molecular weight excluding hydrogens is 316 g/mol. The van der Waals surface area contributed by atoms with Gasteiger partial charge in [0.2, 0.25) is 0 Å². The van der Waals surface area contributed by atoms with Crippen molar-refractivity contribution >= 4 is 15.9 Å². The third kappa shape index (κ3) is 3.22. The number of aliphatic hydroxyl groups is 1. The van der Waals surface area contributed by atoms with Crippen molar-refractivity contribution in [2.75, 3.05) is 6.61 Å². The van der Waals surface area contributed by atoms with Crippen LogP contribution in [0.1, 0.15) is 35.3 Å². The minimum Gasteiger partial charge on any atom is -0.494 e. The second kappa shape index (κ2) is 6.42. The number of benzene rings is 2. The van der Waals surface area contributed by atoms with Crippen LogP contribution in [0, 0.1) is 13.8 Å². The summed E-state index contributed by atoms with van der Waals surface area (Å²) in [5.41, 5.74) is 4.16. The SMILES string of the molecule is CCOc1ccc(C(O)c2ccc(C)c(C)c2)c(Br)c1. The van der Waals surface area contributed by atoms with E-state index in [1.807, 2.05) is 43.3 Å². The number of rotatable bonds is 4. The van der Waals surface area contributed by atoms with E-state index in [1.54, 1.807) is 0 Å². The van der Waals surface area contributed by atoms with Crippen LogP contribution in [0.2, 0.25) is 0 Å². The summed E-state index contributed by atoms with van der Waals surface area (Å²) in [7, 11) is 0. The van der Waals surface area contributed by atoms with E-state index in [1.165, 1.54) is 11.1 Å². The zero-order valence-electron chi connectivity index (χ0n) is 12.0. The molecular formula is C17H19BrO2. The van der Waals surface area contributed by atoms with Crippen molar-refractivity contribution in [1.82, 2.24) is 0 Å². The molecule has 3 heteroatoms. The van der Waals surface area contributed by atoms with Gasteiger partial charge >= 0.3 is 0 Å². The van der Waals surface area contributed by atoms with Crippen LogP contribution in [0.3, 0.4) is 0 Å². The zero-order chi connectivity index (χ0) is 14.7. The van der Waals surface area contributed by atoms with Crippen molar-refractivity contribution in [3.05, 3.63) is 63.1 Å². The Morgan fingerprint density at radius 2 is 1.85 bits per heavy atom. The Morgan fingerprint density at radius 1 is 1.10 bits per heavy atom. The lowest BCUT2D eigenvalue weighted by atomic mass is 9.98. The highest BCUT2D eigenvalue weighted by Gasteiger charge is 2.15.